The summed E-state index contributed by atoms with van der Waals surface area (Å²) in [5.41, 5.74) is 2.81. The molecule has 2 aromatic rings. The highest BCUT2D eigenvalue weighted by Crippen LogP contribution is 2.38. The fourth-order valence-corrected chi connectivity index (χ4v) is 4.47. The summed E-state index contributed by atoms with van der Waals surface area (Å²) in [6, 6.07) is 20.0. The van der Waals surface area contributed by atoms with Crippen molar-refractivity contribution < 1.29 is 9.53 Å². The average molecular weight is 404 g/mol. The van der Waals surface area contributed by atoms with Crippen molar-refractivity contribution in [1.82, 2.24) is 4.90 Å². The lowest BCUT2D eigenvalue weighted by Gasteiger charge is -2.43. The summed E-state index contributed by atoms with van der Waals surface area (Å²) >= 11 is 7.34. The number of carbonyl (C=O) groups excluding carboxylic acids is 1. The van der Waals surface area contributed by atoms with E-state index in [2.05, 4.69) is 0 Å². The van der Waals surface area contributed by atoms with Crippen molar-refractivity contribution in [2.24, 2.45) is 0 Å². The van der Waals surface area contributed by atoms with Crippen LogP contribution in [0.2, 0.25) is 0 Å². The molecule has 0 saturated carbocycles. The number of β-lactam (4-membered cyclic amide) rings is 1. The van der Waals surface area contributed by atoms with Gasteiger partial charge in [0.1, 0.15) is 6.10 Å². The first kappa shape index (κ1) is 19.0. The van der Waals surface area contributed by atoms with E-state index in [0.29, 0.717) is 11.5 Å². The Morgan fingerprint density at radius 2 is 1.65 bits per heavy atom. The highest BCUT2D eigenvalue weighted by molar-refractivity contribution is 8.00. The molecule has 3 nitrogen and oxygen atoms in total. The molecule has 1 amide bonds. The van der Waals surface area contributed by atoms with Crippen molar-refractivity contribution >= 4 is 47.3 Å². The van der Waals surface area contributed by atoms with Gasteiger partial charge < -0.3 is 4.74 Å². The summed E-state index contributed by atoms with van der Waals surface area (Å²) in [5, 5.41) is 0.594. The zero-order chi connectivity index (χ0) is 17.2. The molecule has 134 valence electrons. The second kappa shape index (κ2) is 8.25. The smallest absolute Gasteiger partial charge is 0.231 e. The maximum Gasteiger partial charge on any atom is 0.231 e. The van der Waals surface area contributed by atoms with Gasteiger partial charge in [-0.3, -0.25) is 9.69 Å². The SMILES string of the molecule is Cl.O=C1C[C@H]2SCC=C(C(=S)OC(c3ccccc3)c3ccccc3)N12. The van der Waals surface area contributed by atoms with E-state index in [1.54, 1.807) is 16.7 Å². The number of fused-ring (bicyclic) bond motifs is 1. The third-order valence-corrected chi connectivity index (χ3v) is 5.80. The van der Waals surface area contributed by atoms with Gasteiger partial charge >= 0.3 is 0 Å². The molecule has 0 radical (unpaired) electrons. The third-order valence-electron chi connectivity index (χ3n) is 4.37. The Morgan fingerprint density at radius 3 is 2.19 bits per heavy atom. The van der Waals surface area contributed by atoms with Gasteiger partial charge in [-0.1, -0.05) is 60.7 Å². The van der Waals surface area contributed by atoms with Crippen molar-refractivity contribution in [2.45, 2.75) is 17.9 Å². The average Bonchev–Trinajstić information content (AvgIpc) is 2.66. The molecular formula is C20H18ClNO2S2. The first-order valence-corrected chi connectivity index (χ1v) is 9.64. The van der Waals surface area contributed by atoms with Crippen LogP contribution in [-0.4, -0.2) is 27.0 Å². The molecule has 1 fully saturated rings. The molecule has 2 aliphatic heterocycles. The first-order valence-electron chi connectivity index (χ1n) is 8.19. The maximum atomic E-state index is 12.0. The Labute approximate surface area is 168 Å². The Kier molecular flexibility index (Phi) is 6.01. The molecule has 0 N–H and O–H groups in total. The van der Waals surface area contributed by atoms with Crippen LogP contribution in [0.3, 0.4) is 0 Å². The lowest BCUT2D eigenvalue weighted by atomic mass is 10.0. The number of hydrogen-bond acceptors (Lipinski definition) is 4. The van der Waals surface area contributed by atoms with E-state index in [4.69, 9.17) is 17.0 Å². The molecule has 0 aliphatic carbocycles. The molecular weight excluding hydrogens is 386 g/mol. The van der Waals surface area contributed by atoms with Gasteiger partial charge in [-0.15, -0.1) is 24.2 Å². The number of halogens is 1. The molecule has 0 aromatic heterocycles. The third kappa shape index (κ3) is 3.65. The molecule has 1 atom stereocenters. The second-order valence-electron chi connectivity index (χ2n) is 5.95. The Hall–Kier alpha value is -1.82. The van der Waals surface area contributed by atoms with Gasteiger partial charge in [-0.2, -0.15) is 0 Å². The zero-order valence-electron chi connectivity index (χ0n) is 13.9. The van der Waals surface area contributed by atoms with Crippen LogP contribution < -0.4 is 0 Å². The molecule has 26 heavy (non-hydrogen) atoms. The molecule has 2 aliphatic rings. The Bertz CT molecular complexity index is 787. The maximum absolute atomic E-state index is 12.0. The number of hydrogen-bond donors (Lipinski definition) is 0. The van der Waals surface area contributed by atoms with Gasteiger partial charge in [0, 0.05) is 5.75 Å². The predicted octanol–water partition coefficient (Wildman–Crippen LogP) is 4.73. The van der Waals surface area contributed by atoms with Crippen molar-refractivity contribution in [1.29, 1.82) is 0 Å². The summed E-state index contributed by atoms with van der Waals surface area (Å²) < 4.78 is 6.22. The summed E-state index contributed by atoms with van der Waals surface area (Å²) in [7, 11) is 0. The number of ether oxygens (including phenoxy) is 1. The number of amides is 1. The normalized spacial score (nSPS) is 18.3. The fourth-order valence-electron chi connectivity index (χ4n) is 3.08. The first-order chi connectivity index (χ1) is 12.2. The summed E-state index contributed by atoms with van der Waals surface area (Å²) in [6.45, 7) is 0. The van der Waals surface area contributed by atoms with Crippen LogP contribution >= 0.6 is 36.4 Å². The minimum atomic E-state index is -0.291. The van der Waals surface area contributed by atoms with Crippen LogP contribution in [0.4, 0.5) is 0 Å². The van der Waals surface area contributed by atoms with Crippen molar-refractivity contribution in [2.75, 3.05) is 5.75 Å². The predicted molar refractivity (Wildman–Crippen MR) is 111 cm³/mol. The van der Waals surface area contributed by atoms with E-state index < -0.39 is 0 Å². The monoisotopic (exact) mass is 403 g/mol. The minimum absolute atomic E-state index is 0. The second-order valence-corrected chi connectivity index (χ2v) is 7.53. The Balaban J connectivity index is 0.00000196. The number of thiocarbonyl (C=S) groups is 1. The highest BCUT2D eigenvalue weighted by atomic mass is 35.5. The van der Waals surface area contributed by atoms with Crippen LogP contribution in [-0.2, 0) is 9.53 Å². The lowest BCUT2D eigenvalue weighted by molar-refractivity contribution is -0.138. The Morgan fingerprint density at radius 1 is 1.08 bits per heavy atom. The molecule has 0 unspecified atom stereocenters. The topological polar surface area (TPSA) is 29.5 Å². The minimum Gasteiger partial charge on any atom is -0.469 e. The number of thioether (sulfide) groups is 1. The van der Waals surface area contributed by atoms with Crippen LogP contribution in [0.25, 0.3) is 0 Å². The summed E-state index contributed by atoms with van der Waals surface area (Å²) in [5.74, 6) is 0.972. The van der Waals surface area contributed by atoms with E-state index in [9.17, 15) is 4.79 Å². The zero-order valence-corrected chi connectivity index (χ0v) is 16.4. The van der Waals surface area contributed by atoms with E-state index in [1.165, 1.54) is 0 Å². The van der Waals surface area contributed by atoms with Gasteiger partial charge in [0.15, 0.2) is 0 Å². The molecule has 0 spiro atoms. The van der Waals surface area contributed by atoms with E-state index >= 15 is 0 Å². The lowest BCUT2D eigenvalue weighted by Crippen LogP contribution is -2.53. The van der Waals surface area contributed by atoms with Crippen LogP contribution in [0.15, 0.2) is 72.4 Å². The molecule has 6 heteroatoms. The largest absolute Gasteiger partial charge is 0.469 e. The highest BCUT2D eigenvalue weighted by Gasteiger charge is 2.42. The molecule has 0 bridgehead atoms. The number of nitrogens with zero attached hydrogens (tertiary/aromatic N) is 1. The van der Waals surface area contributed by atoms with Gasteiger partial charge in [-0.05, 0) is 29.4 Å². The molecule has 4 rings (SSSR count). The quantitative estimate of drug-likeness (QED) is 0.545. The van der Waals surface area contributed by atoms with Gasteiger partial charge in [0.25, 0.3) is 0 Å². The number of carbonyl (C=O) groups is 1. The van der Waals surface area contributed by atoms with Crippen LogP contribution in [0.5, 0.6) is 0 Å². The molecule has 2 aromatic carbocycles. The number of benzene rings is 2. The number of rotatable bonds is 4. The molecule has 2 heterocycles. The summed E-state index contributed by atoms with van der Waals surface area (Å²) in [6.07, 6.45) is 2.29. The van der Waals surface area contributed by atoms with E-state index in [0.717, 1.165) is 22.6 Å². The van der Waals surface area contributed by atoms with Crippen molar-refractivity contribution in [3.8, 4) is 0 Å². The van der Waals surface area contributed by atoms with Crippen molar-refractivity contribution in [3.05, 3.63) is 83.6 Å². The van der Waals surface area contributed by atoms with E-state index in [1.807, 2.05) is 66.7 Å². The van der Waals surface area contributed by atoms with Gasteiger partial charge in [0.05, 0.1) is 17.5 Å². The molecule has 1 saturated heterocycles. The van der Waals surface area contributed by atoms with Crippen LogP contribution in [0, 0.1) is 0 Å². The van der Waals surface area contributed by atoms with E-state index in [-0.39, 0.29) is 29.8 Å². The standard InChI is InChI=1S/C20H17NO2S2.ClH/c22-17-13-18-21(17)16(11-12-25-18)20(24)23-19(14-7-3-1-4-8-14)15-9-5-2-6-10-15;/h1-11,18-19H,12-13H2;1H/t18-;/m1./s1. The van der Waals surface area contributed by atoms with Crippen molar-refractivity contribution in [3.63, 3.8) is 0 Å². The van der Waals surface area contributed by atoms with Crippen LogP contribution in [0.1, 0.15) is 23.7 Å². The summed E-state index contributed by atoms with van der Waals surface area (Å²) in [4.78, 5) is 13.7. The van der Waals surface area contributed by atoms with Gasteiger partial charge in [0.2, 0.25) is 11.0 Å². The fraction of sp³-hybridized carbons (Fsp3) is 0.200. The van der Waals surface area contributed by atoms with Gasteiger partial charge in [-0.25, -0.2) is 0 Å².